The summed E-state index contributed by atoms with van der Waals surface area (Å²) in [7, 11) is 4.69. The van der Waals surface area contributed by atoms with E-state index in [1.54, 1.807) is 14.2 Å². The Morgan fingerprint density at radius 2 is 1.34 bits per heavy atom. The van der Waals surface area contributed by atoms with Gasteiger partial charge < -0.3 is 14.2 Å². The van der Waals surface area contributed by atoms with Gasteiger partial charge in [-0.05, 0) is 58.2 Å². The molecule has 1 atom stereocenters. The monoisotopic (exact) mass is 386 g/mol. The number of ether oxygens (including phenoxy) is 3. The third-order valence-corrected chi connectivity index (χ3v) is 5.48. The van der Waals surface area contributed by atoms with Crippen molar-refractivity contribution in [2.24, 2.45) is 0 Å². The van der Waals surface area contributed by atoms with Crippen molar-refractivity contribution in [1.29, 1.82) is 0 Å². The molecule has 0 bridgehead atoms. The Kier molecular flexibility index (Phi) is 4.85. The van der Waals surface area contributed by atoms with E-state index >= 15 is 0 Å². The molecule has 1 aliphatic rings. The fraction of sp³-hybridized carbons (Fsp3) is 0.160. The summed E-state index contributed by atoms with van der Waals surface area (Å²) < 4.78 is 16.0. The van der Waals surface area contributed by atoms with Crippen LogP contribution in [0, 0.1) is 0 Å². The van der Waals surface area contributed by atoms with Crippen molar-refractivity contribution in [2.75, 3.05) is 21.3 Å². The summed E-state index contributed by atoms with van der Waals surface area (Å²) in [6.07, 6.45) is 2.07. The molecule has 0 N–H and O–H groups in total. The smallest absolute Gasteiger partial charge is 0.325 e. The molecule has 1 aliphatic carbocycles. The molecule has 0 saturated heterocycles. The van der Waals surface area contributed by atoms with Crippen LogP contribution in [0.1, 0.15) is 22.3 Å². The number of esters is 1. The van der Waals surface area contributed by atoms with Crippen molar-refractivity contribution in [3.63, 3.8) is 0 Å². The average Bonchev–Trinajstić information content (AvgIpc) is 3.14. The molecular weight excluding hydrogens is 364 g/mol. The molecule has 0 amide bonds. The van der Waals surface area contributed by atoms with Gasteiger partial charge in [0, 0.05) is 0 Å². The summed E-state index contributed by atoms with van der Waals surface area (Å²) in [6, 6.07) is 23.3. The molecular formula is C25H22O4. The van der Waals surface area contributed by atoms with Gasteiger partial charge in [0.2, 0.25) is 0 Å². The SMILES string of the molecule is COC(=O)C1(c2ccc(OC)cc2)C(c2ccc(OC)cc2)=Cc2ccccc21. The molecule has 0 radical (unpaired) electrons. The standard InChI is InChI=1S/C25H22O4/c1-27-20-12-8-17(9-13-20)23-16-18-6-4-5-7-22(18)25(23,24(26)29-3)19-10-14-21(28-2)15-11-19/h4-16H,1-3H3. The number of hydrogen-bond donors (Lipinski definition) is 0. The first-order chi connectivity index (χ1) is 14.1. The van der Waals surface area contributed by atoms with Gasteiger partial charge >= 0.3 is 5.97 Å². The second kappa shape index (κ2) is 7.47. The van der Waals surface area contributed by atoms with Gasteiger partial charge in [-0.2, -0.15) is 0 Å². The van der Waals surface area contributed by atoms with Crippen molar-refractivity contribution in [1.82, 2.24) is 0 Å². The van der Waals surface area contributed by atoms with Gasteiger partial charge in [0.15, 0.2) is 0 Å². The quantitative estimate of drug-likeness (QED) is 0.596. The number of methoxy groups -OCH3 is 3. The van der Waals surface area contributed by atoms with E-state index < -0.39 is 5.41 Å². The summed E-state index contributed by atoms with van der Waals surface area (Å²) >= 11 is 0. The minimum absolute atomic E-state index is 0.324. The highest BCUT2D eigenvalue weighted by atomic mass is 16.5. The second-order valence-electron chi connectivity index (χ2n) is 6.84. The Hall–Kier alpha value is -3.53. The summed E-state index contributed by atoms with van der Waals surface area (Å²) in [6.45, 7) is 0. The lowest BCUT2D eigenvalue weighted by atomic mass is 9.69. The summed E-state index contributed by atoms with van der Waals surface area (Å²) in [5, 5.41) is 0. The molecule has 1 unspecified atom stereocenters. The highest BCUT2D eigenvalue weighted by molar-refractivity contribution is 6.11. The zero-order valence-corrected chi connectivity index (χ0v) is 16.6. The van der Waals surface area contributed by atoms with E-state index in [9.17, 15) is 4.79 Å². The molecule has 0 aliphatic heterocycles. The predicted octanol–water partition coefficient (Wildman–Crippen LogP) is 4.72. The van der Waals surface area contributed by atoms with Crippen molar-refractivity contribution < 1.29 is 19.0 Å². The van der Waals surface area contributed by atoms with Gasteiger partial charge in [-0.1, -0.05) is 48.5 Å². The second-order valence-corrected chi connectivity index (χ2v) is 6.84. The fourth-order valence-corrected chi connectivity index (χ4v) is 4.09. The van der Waals surface area contributed by atoms with E-state index in [1.807, 2.05) is 72.8 Å². The van der Waals surface area contributed by atoms with Crippen molar-refractivity contribution in [3.8, 4) is 11.5 Å². The average molecular weight is 386 g/mol. The lowest BCUT2D eigenvalue weighted by Gasteiger charge is -2.32. The van der Waals surface area contributed by atoms with E-state index in [2.05, 4.69) is 6.08 Å². The number of fused-ring (bicyclic) bond motifs is 1. The van der Waals surface area contributed by atoms with Gasteiger partial charge in [-0.25, -0.2) is 0 Å². The first-order valence-electron chi connectivity index (χ1n) is 9.34. The predicted molar refractivity (Wildman–Crippen MR) is 113 cm³/mol. The van der Waals surface area contributed by atoms with E-state index in [4.69, 9.17) is 14.2 Å². The van der Waals surface area contributed by atoms with Crippen LogP contribution in [0.4, 0.5) is 0 Å². The third-order valence-electron chi connectivity index (χ3n) is 5.48. The molecule has 0 saturated carbocycles. The molecule has 29 heavy (non-hydrogen) atoms. The topological polar surface area (TPSA) is 44.8 Å². The highest BCUT2D eigenvalue weighted by Crippen LogP contribution is 2.52. The van der Waals surface area contributed by atoms with Crippen LogP contribution in [-0.4, -0.2) is 27.3 Å². The van der Waals surface area contributed by atoms with Crippen molar-refractivity contribution >= 4 is 17.6 Å². The fourth-order valence-electron chi connectivity index (χ4n) is 4.09. The third kappa shape index (κ3) is 2.88. The molecule has 0 fully saturated rings. The molecule has 3 aromatic rings. The summed E-state index contributed by atoms with van der Waals surface area (Å²) in [5.74, 6) is 1.17. The van der Waals surface area contributed by atoms with Crippen LogP contribution in [0.15, 0.2) is 72.8 Å². The first kappa shape index (κ1) is 18.8. The number of benzene rings is 3. The molecule has 4 rings (SSSR count). The molecule has 146 valence electrons. The van der Waals surface area contributed by atoms with E-state index in [1.165, 1.54) is 7.11 Å². The zero-order valence-electron chi connectivity index (χ0n) is 16.6. The maximum Gasteiger partial charge on any atom is 0.325 e. The van der Waals surface area contributed by atoms with Crippen LogP contribution in [0.25, 0.3) is 11.6 Å². The molecule has 3 aromatic carbocycles. The lowest BCUT2D eigenvalue weighted by Crippen LogP contribution is -2.38. The van der Waals surface area contributed by atoms with Gasteiger partial charge in [-0.3, -0.25) is 4.79 Å². The maximum absolute atomic E-state index is 13.4. The van der Waals surface area contributed by atoms with Gasteiger partial charge in [-0.15, -0.1) is 0 Å². The Morgan fingerprint density at radius 3 is 1.93 bits per heavy atom. The van der Waals surface area contributed by atoms with Crippen LogP contribution < -0.4 is 9.47 Å². The largest absolute Gasteiger partial charge is 0.497 e. The van der Waals surface area contributed by atoms with Crippen LogP contribution in [0.3, 0.4) is 0 Å². The number of rotatable bonds is 5. The number of carbonyl (C=O) groups is 1. The number of hydrogen-bond acceptors (Lipinski definition) is 4. The number of carbonyl (C=O) groups excluding carboxylic acids is 1. The molecule has 4 nitrogen and oxygen atoms in total. The van der Waals surface area contributed by atoms with Crippen LogP contribution >= 0.6 is 0 Å². The van der Waals surface area contributed by atoms with E-state index in [0.29, 0.717) is 0 Å². The van der Waals surface area contributed by atoms with E-state index in [0.717, 1.165) is 39.3 Å². The summed E-state index contributed by atoms with van der Waals surface area (Å²) in [4.78, 5) is 13.4. The first-order valence-corrected chi connectivity index (χ1v) is 9.34. The Bertz CT molecular complexity index is 1060. The van der Waals surface area contributed by atoms with Gasteiger partial charge in [0.1, 0.15) is 16.9 Å². The van der Waals surface area contributed by atoms with Gasteiger partial charge in [0.25, 0.3) is 0 Å². The van der Waals surface area contributed by atoms with Crippen LogP contribution in [0.2, 0.25) is 0 Å². The Labute approximate surface area is 170 Å². The summed E-state index contributed by atoms with van der Waals surface area (Å²) in [5.41, 5.74) is 3.48. The molecule has 0 heterocycles. The Balaban J connectivity index is 2.00. The van der Waals surface area contributed by atoms with Crippen LogP contribution in [-0.2, 0) is 14.9 Å². The molecule has 4 heteroatoms. The minimum Gasteiger partial charge on any atom is -0.497 e. The maximum atomic E-state index is 13.4. The van der Waals surface area contributed by atoms with E-state index in [-0.39, 0.29) is 5.97 Å². The highest BCUT2D eigenvalue weighted by Gasteiger charge is 2.51. The molecule has 0 aromatic heterocycles. The van der Waals surface area contributed by atoms with Crippen molar-refractivity contribution in [3.05, 3.63) is 95.1 Å². The van der Waals surface area contributed by atoms with Crippen molar-refractivity contribution in [2.45, 2.75) is 5.41 Å². The van der Waals surface area contributed by atoms with Gasteiger partial charge in [0.05, 0.1) is 21.3 Å². The normalized spacial score (nSPS) is 17.3. The Morgan fingerprint density at radius 1 is 0.759 bits per heavy atom. The van der Waals surface area contributed by atoms with Crippen LogP contribution in [0.5, 0.6) is 11.5 Å². The minimum atomic E-state index is -1.06. The lowest BCUT2D eigenvalue weighted by molar-refractivity contribution is -0.143. The molecule has 0 spiro atoms. The zero-order chi connectivity index (χ0) is 20.4.